The zero-order valence-electron chi connectivity index (χ0n) is 29.6. The van der Waals surface area contributed by atoms with Crippen LogP contribution in [0.1, 0.15) is 155 Å². The Labute approximate surface area is 283 Å². The molecule has 0 saturated heterocycles. The van der Waals surface area contributed by atoms with Gasteiger partial charge in [-0.05, 0) is 77.0 Å². The lowest BCUT2D eigenvalue weighted by atomic mass is 10.1. The molecule has 0 amide bonds. The maximum atomic E-state index is 12.1. The van der Waals surface area contributed by atoms with Crippen LogP contribution in [0.3, 0.4) is 0 Å². The van der Waals surface area contributed by atoms with Crippen molar-refractivity contribution in [1.82, 2.24) is 0 Å². The number of aliphatic hydroxyl groups is 1. The van der Waals surface area contributed by atoms with Crippen molar-refractivity contribution >= 4 is 11.9 Å². The largest absolute Gasteiger partial charge is 0.462 e. The molecule has 0 aromatic carbocycles. The minimum absolute atomic E-state index is 0.102. The Morgan fingerprint density at radius 3 is 1.50 bits per heavy atom. The second kappa shape index (κ2) is 36.8. The first-order chi connectivity index (χ1) is 22.6. The van der Waals surface area contributed by atoms with Crippen LogP contribution in [0.4, 0.5) is 0 Å². The Kier molecular flexibility index (Phi) is 34.7. The Morgan fingerprint density at radius 2 is 0.957 bits per heavy atom. The average molecular weight is 641 g/mol. The van der Waals surface area contributed by atoms with E-state index in [4.69, 9.17) is 9.47 Å². The maximum Gasteiger partial charge on any atom is 0.306 e. The lowest BCUT2D eigenvalue weighted by molar-refractivity contribution is -0.161. The van der Waals surface area contributed by atoms with E-state index in [2.05, 4.69) is 86.8 Å². The zero-order chi connectivity index (χ0) is 33.6. The number of aliphatic hydroxyl groups excluding tert-OH is 1. The average Bonchev–Trinajstić information content (AvgIpc) is 3.06. The quantitative estimate of drug-likeness (QED) is 0.0450. The van der Waals surface area contributed by atoms with Crippen molar-refractivity contribution in [3.63, 3.8) is 0 Å². The molecule has 46 heavy (non-hydrogen) atoms. The van der Waals surface area contributed by atoms with Crippen molar-refractivity contribution in [2.24, 2.45) is 0 Å². The second-order valence-corrected chi connectivity index (χ2v) is 11.9. The maximum absolute atomic E-state index is 12.1. The molecule has 0 aromatic rings. The predicted molar refractivity (Wildman–Crippen MR) is 196 cm³/mol. The van der Waals surface area contributed by atoms with Crippen molar-refractivity contribution in [2.45, 2.75) is 161 Å². The third-order valence-electron chi connectivity index (χ3n) is 7.48. The van der Waals surface area contributed by atoms with Crippen LogP contribution in [0.25, 0.3) is 0 Å². The first-order valence-electron chi connectivity index (χ1n) is 18.5. The van der Waals surface area contributed by atoms with Crippen LogP contribution in [-0.4, -0.2) is 36.4 Å². The molecule has 1 N–H and O–H groups in total. The van der Waals surface area contributed by atoms with Crippen LogP contribution >= 0.6 is 0 Å². The number of hydrogen-bond acceptors (Lipinski definition) is 5. The highest BCUT2D eigenvalue weighted by atomic mass is 16.6. The zero-order valence-corrected chi connectivity index (χ0v) is 29.6. The van der Waals surface area contributed by atoms with Crippen LogP contribution < -0.4 is 0 Å². The summed E-state index contributed by atoms with van der Waals surface area (Å²) in [5, 5.41) is 9.53. The third-order valence-corrected chi connectivity index (χ3v) is 7.48. The van der Waals surface area contributed by atoms with Crippen LogP contribution in [0, 0.1) is 0 Å². The van der Waals surface area contributed by atoms with Crippen LogP contribution in [0.2, 0.25) is 0 Å². The number of hydrogen-bond donors (Lipinski definition) is 1. The van der Waals surface area contributed by atoms with Crippen LogP contribution in [0.15, 0.2) is 72.9 Å². The molecule has 0 spiro atoms. The summed E-state index contributed by atoms with van der Waals surface area (Å²) in [5.41, 5.74) is 0. The molecule has 0 radical (unpaired) electrons. The molecule has 0 aliphatic carbocycles. The van der Waals surface area contributed by atoms with Crippen LogP contribution in [0.5, 0.6) is 0 Å². The summed E-state index contributed by atoms with van der Waals surface area (Å²) in [6, 6.07) is 0. The van der Waals surface area contributed by atoms with E-state index >= 15 is 0 Å². The molecule has 0 rings (SSSR count). The lowest BCUT2D eigenvalue weighted by Gasteiger charge is -2.15. The van der Waals surface area contributed by atoms with Crippen molar-refractivity contribution in [2.75, 3.05) is 13.2 Å². The molecule has 0 aliphatic heterocycles. The van der Waals surface area contributed by atoms with E-state index in [1.54, 1.807) is 0 Å². The number of carbonyl (C=O) groups excluding carboxylic acids is 2. The summed E-state index contributed by atoms with van der Waals surface area (Å²) in [5.74, 6) is -0.676. The number of esters is 2. The topological polar surface area (TPSA) is 72.8 Å². The molecule has 0 saturated carbocycles. The van der Waals surface area contributed by atoms with Gasteiger partial charge in [0.2, 0.25) is 0 Å². The van der Waals surface area contributed by atoms with Crippen molar-refractivity contribution in [1.29, 1.82) is 0 Å². The molecule has 0 aliphatic rings. The van der Waals surface area contributed by atoms with Gasteiger partial charge in [0, 0.05) is 12.8 Å². The van der Waals surface area contributed by atoms with Gasteiger partial charge in [0.15, 0.2) is 6.10 Å². The van der Waals surface area contributed by atoms with E-state index in [0.717, 1.165) is 64.2 Å². The number of ether oxygens (including phenoxy) is 2. The fourth-order valence-corrected chi connectivity index (χ4v) is 4.70. The van der Waals surface area contributed by atoms with Crippen LogP contribution in [-0.2, 0) is 19.1 Å². The van der Waals surface area contributed by atoms with E-state index < -0.39 is 6.10 Å². The van der Waals surface area contributed by atoms with Gasteiger partial charge in [-0.15, -0.1) is 0 Å². The molecule has 5 nitrogen and oxygen atoms in total. The Hall–Kier alpha value is -2.66. The van der Waals surface area contributed by atoms with Crippen molar-refractivity contribution < 1.29 is 24.2 Å². The summed E-state index contributed by atoms with van der Waals surface area (Å²) in [4.78, 5) is 24.2. The SMILES string of the molecule is CCC=CCC=CCC=CCC=CCC=CCCCC(=O)OC[C@H](CO)OC(=O)CCCCCCCC=CCCCCCCCC. The Morgan fingerprint density at radius 1 is 0.522 bits per heavy atom. The van der Waals surface area contributed by atoms with Gasteiger partial charge in [-0.25, -0.2) is 0 Å². The third kappa shape index (κ3) is 34.2. The van der Waals surface area contributed by atoms with Gasteiger partial charge in [0.25, 0.3) is 0 Å². The van der Waals surface area contributed by atoms with E-state index in [1.165, 1.54) is 57.8 Å². The predicted octanol–water partition coefficient (Wildman–Crippen LogP) is 11.4. The van der Waals surface area contributed by atoms with E-state index in [1.807, 2.05) is 0 Å². The summed E-state index contributed by atoms with van der Waals surface area (Å²) in [6.07, 6.45) is 48.2. The molecule has 0 aromatic heterocycles. The highest BCUT2D eigenvalue weighted by Gasteiger charge is 2.15. The normalized spacial score (nSPS) is 13.0. The summed E-state index contributed by atoms with van der Waals surface area (Å²) in [7, 11) is 0. The highest BCUT2D eigenvalue weighted by Crippen LogP contribution is 2.11. The number of unbranched alkanes of at least 4 members (excludes halogenated alkanes) is 12. The van der Waals surface area contributed by atoms with Gasteiger partial charge >= 0.3 is 11.9 Å². The minimum atomic E-state index is -0.800. The van der Waals surface area contributed by atoms with Gasteiger partial charge in [-0.3, -0.25) is 9.59 Å². The highest BCUT2D eigenvalue weighted by molar-refractivity contribution is 5.70. The Balaban J connectivity index is 3.71. The minimum Gasteiger partial charge on any atom is -0.462 e. The van der Waals surface area contributed by atoms with Gasteiger partial charge in [-0.2, -0.15) is 0 Å². The lowest BCUT2D eigenvalue weighted by Crippen LogP contribution is -2.28. The first-order valence-corrected chi connectivity index (χ1v) is 18.5. The van der Waals surface area contributed by atoms with Crippen molar-refractivity contribution in [3.05, 3.63) is 72.9 Å². The molecular weight excluding hydrogens is 572 g/mol. The smallest absolute Gasteiger partial charge is 0.306 e. The molecule has 5 heteroatoms. The summed E-state index contributed by atoms with van der Waals surface area (Å²) in [6.45, 7) is 3.94. The standard InChI is InChI=1S/C41H68O5/c1-3-5-7-9-11-13-15-17-19-20-22-23-25-27-29-31-33-35-40(43)45-38-39(37-42)46-41(44)36-34-32-30-28-26-24-21-18-16-14-12-10-8-6-4-2/h5,7,11,13,17-19,21-23,27,29,39,42H,3-4,6,8-10,12,14-16,20,24-26,28,30-38H2,1-2H3/t39-/m0/s1. The van der Waals surface area contributed by atoms with Crippen molar-refractivity contribution in [3.8, 4) is 0 Å². The van der Waals surface area contributed by atoms with Gasteiger partial charge in [0.05, 0.1) is 6.61 Å². The first kappa shape index (κ1) is 43.3. The fraction of sp³-hybridized carbons (Fsp3) is 0.659. The molecule has 262 valence electrons. The van der Waals surface area contributed by atoms with Gasteiger partial charge in [0.1, 0.15) is 6.61 Å². The summed E-state index contributed by atoms with van der Waals surface area (Å²) < 4.78 is 10.5. The molecule has 0 fully saturated rings. The number of allylic oxidation sites excluding steroid dienone is 12. The van der Waals surface area contributed by atoms with E-state index in [0.29, 0.717) is 19.3 Å². The molecule has 1 atom stereocenters. The Bertz CT molecular complexity index is 864. The molecule has 0 heterocycles. The number of rotatable bonds is 32. The van der Waals surface area contributed by atoms with E-state index in [9.17, 15) is 14.7 Å². The molecule has 0 unspecified atom stereocenters. The molecular formula is C41H68O5. The monoisotopic (exact) mass is 641 g/mol. The summed E-state index contributed by atoms with van der Waals surface area (Å²) >= 11 is 0. The second-order valence-electron chi connectivity index (χ2n) is 11.9. The fourth-order valence-electron chi connectivity index (χ4n) is 4.70. The van der Waals surface area contributed by atoms with Gasteiger partial charge < -0.3 is 14.6 Å². The van der Waals surface area contributed by atoms with E-state index in [-0.39, 0.29) is 25.2 Å². The van der Waals surface area contributed by atoms with Gasteiger partial charge in [-0.1, -0.05) is 138 Å². The molecule has 0 bridgehead atoms. The number of carbonyl (C=O) groups is 2.